The first-order chi connectivity index (χ1) is 9.60. The van der Waals surface area contributed by atoms with Crippen molar-refractivity contribution in [1.29, 1.82) is 0 Å². The van der Waals surface area contributed by atoms with Crippen molar-refractivity contribution in [3.05, 3.63) is 46.6 Å². The molecular weight excluding hydrogens is 272 g/mol. The summed E-state index contributed by atoms with van der Waals surface area (Å²) in [4.78, 5) is 8.72. The fourth-order valence-electron chi connectivity index (χ4n) is 1.90. The first-order valence-corrected chi connectivity index (χ1v) is 7.07. The van der Waals surface area contributed by atoms with E-state index >= 15 is 0 Å². The molecule has 1 aromatic heterocycles. The van der Waals surface area contributed by atoms with E-state index in [1.165, 1.54) is 0 Å². The van der Waals surface area contributed by atoms with Crippen LogP contribution in [0, 0.1) is 6.92 Å². The SMILES string of the molecule is CCNc1ncc(C)c(NC(C)c2cccc(Cl)c2)n1. The number of halogens is 1. The molecule has 0 amide bonds. The van der Waals surface area contributed by atoms with Gasteiger partial charge >= 0.3 is 0 Å². The lowest BCUT2D eigenvalue weighted by molar-refractivity contribution is 0.868. The first-order valence-electron chi connectivity index (χ1n) is 6.69. The number of hydrogen-bond donors (Lipinski definition) is 2. The van der Waals surface area contributed by atoms with Crippen molar-refractivity contribution in [2.75, 3.05) is 17.2 Å². The summed E-state index contributed by atoms with van der Waals surface area (Å²) in [6.07, 6.45) is 1.82. The Morgan fingerprint density at radius 1 is 1.35 bits per heavy atom. The van der Waals surface area contributed by atoms with Gasteiger partial charge in [0.05, 0.1) is 6.04 Å². The molecule has 0 spiro atoms. The van der Waals surface area contributed by atoms with Crippen LogP contribution >= 0.6 is 11.6 Å². The van der Waals surface area contributed by atoms with Crippen LogP contribution in [0.25, 0.3) is 0 Å². The number of nitrogens with one attached hydrogen (secondary N) is 2. The molecule has 0 aliphatic carbocycles. The van der Waals surface area contributed by atoms with E-state index in [2.05, 4.69) is 27.5 Å². The number of hydrogen-bond acceptors (Lipinski definition) is 4. The highest BCUT2D eigenvalue weighted by Gasteiger charge is 2.09. The maximum absolute atomic E-state index is 6.03. The Labute approximate surface area is 124 Å². The minimum absolute atomic E-state index is 0.122. The third-order valence-corrected chi connectivity index (χ3v) is 3.24. The molecule has 2 rings (SSSR count). The molecule has 20 heavy (non-hydrogen) atoms. The molecule has 0 radical (unpaired) electrons. The maximum Gasteiger partial charge on any atom is 0.224 e. The minimum Gasteiger partial charge on any atom is -0.363 e. The summed E-state index contributed by atoms with van der Waals surface area (Å²) >= 11 is 6.03. The smallest absolute Gasteiger partial charge is 0.224 e. The Kier molecular flexibility index (Phi) is 4.79. The fourth-order valence-corrected chi connectivity index (χ4v) is 2.09. The van der Waals surface area contributed by atoms with Gasteiger partial charge in [0.1, 0.15) is 5.82 Å². The van der Waals surface area contributed by atoms with Crippen LogP contribution in [-0.4, -0.2) is 16.5 Å². The minimum atomic E-state index is 0.122. The predicted molar refractivity (Wildman–Crippen MR) is 84.4 cm³/mol. The molecular formula is C15H19ClN4. The van der Waals surface area contributed by atoms with E-state index in [-0.39, 0.29) is 6.04 Å². The molecule has 0 bridgehead atoms. The number of aryl methyl sites for hydroxylation is 1. The summed E-state index contributed by atoms with van der Waals surface area (Å²) in [6, 6.07) is 7.95. The third kappa shape index (κ3) is 3.61. The van der Waals surface area contributed by atoms with Crippen LogP contribution in [0.1, 0.15) is 31.0 Å². The number of anilines is 2. The first kappa shape index (κ1) is 14.6. The second-order valence-corrected chi connectivity index (χ2v) is 5.11. The molecule has 2 aromatic rings. The van der Waals surface area contributed by atoms with E-state index in [0.29, 0.717) is 5.95 Å². The molecule has 0 saturated heterocycles. The van der Waals surface area contributed by atoms with Crippen molar-refractivity contribution in [3.8, 4) is 0 Å². The van der Waals surface area contributed by atoms with E-state index in [1.54, 1.807) is 0 Å². The van der Waals surface area contributed by atoms with Crippen LogP contribution in [0.3, 0.4) is 0 Å². The second-order valence-electron chi connectivity index (χ2n) is 4.68. The van der Waals surface area contributed by atoms with E-state index in [4.69, 9.17) is 11.6 Å². The van der Waals surface area contributed by atoms with Gasteiger partial charge in [0.2, 0.25) is 5.95 Å². The summed E-state index contributed by atoms with van der Waals surface area (Å²) in [5, 5.41) is 7.26. The molecule has 2 N–H and O–H groups in total. The molecule has 4 nitrogen and oxygen atoms in total. The number of aromatic nitrogens is 2. The zero-order chi connectivity index (χ0) is 14.5. The van der Waals surface area contributed by atoms with Gasteiger partial charge in [-0.3, -0.25) is 0 Å². The van der Waals surface area contributed by atoms with E-state index in [1.807, 2.05) is 44.3 Å². The number of nitrogens with zero attached hydrogens (tertiary/aromatic N) is 2. The topological polar surface area (TPSA) is 49.8 Å². The normalized spacial score (nSPS) is 12.0. The van der Waals surface area contributed by atoms with Crippen LogP contribution in [0.2, 0.25) is 5.02 Å². The van der Waals surface area contributed by atoms with Gasteiger partial charge < -0.3 is 10.6 Å². The van der Waals surface area contributed by atoms with Crippen molar-refractivity contribution >= 4 is 23.4 Å². The largest absolute Gasteiger partial charge is 0.363 e. The van der Waals surface area contributed by atoms with Crippen molar-refractivity contribution in [2.24, 2.45) is 0 Å². The Morgan fingerprint density at radius 2 is 2.15 bits per heavy atom. The average Bonchev–Trinajstić information content (AvgIpc) is 2.43. The van der Waals surface area contributed by atoms with Crippen molar-refractivity contribution in [2.45, 2.75) is 26.8 Å². The molecule has 0 aliphatic heterocycles. The molecule has 5 heteroatoms. The van der Waals surface area contributed by atoms with E-state index in [0.717, 1.165) is 28.5 Å². The summed E-state index contributed by atoms with van der Waals surface area (Å²) in [5.41, 5.74) is 2.14. The third-order valence-electron chi connectivity index (χ3n) is 3.01. The second kappa shape index (κ2) is 6.57. The van der Waals surface area contributed by atoms with Gasteiger partial charge in [0.25, 0.3) is 0 Å². The predicted octanol–water partition coefficient (Wildman–Crippen LogP) is 4.04. The van der Waals surface area contributed by atoms with E-state index < -0.39 is 0 Å². The van der Waals surface area contributed by atoms with Gasteiger partial charge in [-0.25, -0.2) is 4.98 Å². The van der Waals surface area contributed by atoms with E-state index in [9.17, 15) is 0 Å². The van der Waals surface area contributed by atoms with Crippen molar-refractivity contribution in [1.82, 2.24) is 9.97 Å². The zero-order valence-electron chi connectivity index (χ0n) is 11.9. The summed E-state index contributed by atoms with van der Waals surface area (Å²) in [5.74, 6) is 1.47. The molecule has 0 saturated carbocycles. The monoisotopic (exact) mass is 290 g/mol. The van der Waals surface area contributed by atoms with Gasteiger partial charge in [0, 0.05) is 23.3 Å². The summed E-state index contributed by atoms with van der Waals surface area (Å²) in [7, 11) is 0. The van der Waals surface area contributed by atoms with Gasteiger partial charge in [-0.15, -0.1) is 0 Å². The quantitative estimate of drug-likeness (QED) is 0.872. The van der Waals surface area contributed by atoms with Crippen LogP contribution in [0.5, 0.6) is 0 Å². The molecule has 0 aliphatic rings. The summed E-state index contributed by atoms with van der Waals surface area (Å²) < 4.78 is 0. The standard InChI is InChI=1S/C15H19ClN4/c1-4-17-15-18-9-10(2)14(20-15)19-11(3)12-6-5-7-13(16)8-12/h5-9,11H,4H2,1-3H3,(H2,17,18,19,20). The lowest BCUT2D eigenvalue weighted by Gasteiger charge is -2.17. The zero-order valence-corrected chi connectivity index (χ0v) is 12.7. The molecule has 106 valence electrons. The van der Waals surface area contributed by atoms with Crippen LogP contribution in [0.15, 0.2) is 30.5 Å². The van der Waals surface area contributed by atoms with Crippen LogP contribution in [-0.2, 0) is 0 Å². The van der Waals surface area contributed by atoms with Crippen LogP contribution in [0.4, 0.5) is 11.8 Å². The highest BCUT2D eigenvalue weighted by Crippen LogP contribution is 2.23. The lowest BCUT2D eigenvalue weighted by Crippen LogP contribution is -2.11. The molecule has 1 heterocycles. The van der Waals surface area contributed by atoms with Gasteiger partial charge in [-0.1, -0.05) is 23.7 Å². The van der Waals surface area contributed by atoms with Crippen molar-refractivity contribution in [3.63, 3.8) is 0 Å². The van der Waals surface area contributed by atoms with Gasteiger partial charge in [-0.05, 0) is 38.5 Å². The molecule has 1 unspecified atom stereocenters. The fraction of sp³-hybridized carbons (Fsp3) is 0.333. The Morgan fingerprint density at radius 3 is 2.85 bits per heavy atom. The Bertz CT molecular complexity index is 586. The van der Waals surface area contributed by atoms with Gasteiger partial charge in [0.15, 0.2) is 0 Å². The number of benzene rings is 1. The maximum atomic E-state index is 6.03. The van der Waals surface area contributed by atoms with Crippen molar-refractivity contribution < 1.29 is 0 Å². The van der Waals surface area contributed by atoms with Gasteiger partial charge in [-0.2, -0.15) is 4.98 Å². The molecule has 1 atom stereocenters. The number of rotatable bonds is 5. The van der Waals surface area contributed by atoms with Crippen LogP contribution < -0.4 is 10.6 Å². The highest BCUT2D eigenvalue weighted by atomic mass is 35.5. The molecule has 1 aromatic carbocycles. The Balaban J connectivity index is 2.18. The lowest BCUT2D eigenvalue weighted by atomic mass is 10.1. The summed E-state index contributed by atoms with van der Waals surface area (Å²) in [6.45, 7) is 6.89. The molecule has 0 fully saturated rings. The Hall–Kier alpha value is -1.81. The highest BCUT2D eigenvalue weighted by molar-refractivity contribution is 6.30. The average molecular weight is 291 g/mol.